The normalized spacial score (nSPS) is 15.2. The topological polar surface area (TPSA) is 12.5 Å². The van der Waals surface area contributed by atoms with Gasteiger partial charge in [-0.2, -0.15) is 0 Å². The first kappa shape index (κ1) is 12.2. The lowest BCUT2D eigenvalue weighted by atomic mass is 10.5. The molecule has 0 aliphatic heterocycles. The van der Waals surface area contributed by atoms with Crippen molar-refractivity contribution in [1.29, 1.82) is 0 Å². The van der Waals surface area contributed by atoms with Crippen LogP contribution in [0.3, 0.4) is 0 Å². The fourth-order valence-corrected chi connectivity index (χ4v) is 0.686. The second-order valence-corrected chi connectivity index (χ2v) is 4.62. The van der Waals surface area contributed by atoms with Gasteiger partial charge in [0.25, 0.3) is 0 Å². The number of hydrogen-bond acceptors (Lipinski definition) is 3. The summed E-state index contributed by atoms with van der Waals surface area (Å²) in [5.74, 6) is 0. The molecule has 0 heterocycles. The molecule has 0 rings (SSSR count). The van der Waals surface area contributed by atoms with E-state index < -0.39 is 0 Å². The summed E-state index contributed by atoms with van der Waals surface area (Å²) < 4.78 is 6.38. The Morgan fingerprint density at radius 2 is 1.83 bits per heavy atom. The van der Waals surface area contributed by atoms with Gasteiger partial charge < -0.3 is 9.22 Å². The lowest BCUT2D eigenvalue weighted by Gasteiger charge is -2.25. The zero-order valence-electron chi connectivity index (χ0n) is 8.74. The Balaban J connectivity index is 3.44. The number of likely N-dealkylation sites (N-methyl/N-ethyl adjacent to an activating group) is 1. The van der Waals surface area contributed by atoms with Gasteiger partial charge in [0.2, 0.25) is 0 Å². The predicted octanol–water partition coefficient (Wildman–Crippen LogP) is 0.484. The molecule has 0 aromatic heterocycles. The highest BCUT2D eigenvalue weighted by Gasteiger charge is 2.09. The van der Waals surface area contributed by atoms with Gasteiger partial charge in [0, 0.05) is 0 Å². The highest BCUT2D eigenvalue weighted by atomic mass is 32.1. The van der Waals surface area contributed by atoms with Gasteiger partial charge in [-0.05, 0) is 14.1 Å². The Labute approximate surface area is 81.3 Å². The van der Waals surface area contributed by atoms with Crippen LogP contribution in [-0.4, -0.2) is 63.3 Å². The van der Waals surface area contributed by atoms with Gasteiger partial charge in [-0.25, -0.2) is 0 Å². The Bertz CT molecular complexity index is 123. The summed E-state index contributed by atoms with van der Waals surface area (Å²) >= 11 is 4.25. The van der Waals surface area contributed by atoms with E-state index in [-0.39, 0.29) is 5.56 Å². The third-order valence-corrected chi connectivity index (χ3v) is 2.08. The predicted molar refractivity (Wildman–Crippen MR) is 55.3 cm³/mol. The van der Waals surface area contributed by atoms with E-state index in [0.29, 0.717) is 0 Å². The minimum absolute atomic E-state index is 0.0865. The molecular weight excluding hydrogens is 172 g/mol. The van der Waals surface area contributed by atoms with Crippen molar-refractivity contribution in [3.05, 3.63) is 0 Å². The molecular formula is C8H21N2OS+. The minimum atomic E-state index is -0.0865. The van der Waals surface area contributed by atoms with Crippen LogP contribution in [0.25, 0.3) is 0 Å². The van der Waals surface area contributed by atoms with Crippen molar-refractivity contribution in [2.75, 3.05) is 48.4 Å². The molecule has 3 nitrogen and oxygen atoms in total. The van der Waals surface area contributed by atoms with E-state index in [1.807, 2.05) is 19.0 Å². The molecule has 0 N–H and O–H groups in total. The molecule has 0 aromatic carbocycles. The lowest BCUT2D eigenvalue weighted by Crippen LogP contribution is -2.39. The fraction of sp³-hybridized carbons (Fsp3) is 1.00. The third kappa shape index (κ3) is 6.91. The fourth-order valence-electron chi connectivity index (χ4n) is 0.581. The van der Waals surface area contributed by atoms with Crippen LogP contribution in [0.5, 0.6) is 0 Å². The number of quaternary nitrogens is 1. The van der Waals surface area contributed by atoms with Crippen molar-refractivity contribution in [3.8, 4) is 0 Å². The Hall–Kier alpha value is 0.230. The summed E-state index contributed by atoms with van der Waals surface area (Å²) in [6, 6.07) is 0. The van der Waals surface area contributed by atoms with Gasteiger partial charge in [0.1, 0.15) is 6.54 Å². The van der Waals surface area contributed by atoms with Gasteiger partial charge in [0.05, 0.1) is 27.7 Å². The van der Waals surface area contributed by atoms with Crippen molar-refractivity contribution in [3.63, 3.8) is 0 Å². The second kappa shape index (κ2) is 5.07. The minimum Gasteiger partial charge on any atom is -0.348 e. The van der Waals surface area contributed by atoms with Crippen LogP contribution in [0, 0.1) is 0 Å². The van der Waals surface area contributed by atoms with Gasteiger partial charge in [-0.3, -0.25) is 4.90 Å². The molecule has 0 aliphatic rings. The van der Waals surface area contributed by atoms with Crippen LogP contribution in [-0.2, 0) is 4.74 Å². The molecule has 0 saturated heterocycles. The third-order valence-electron chi connectivity index (χ3n) is 1.47. The van der Waals surface area contributed by atoms with E-state index in [1.165, 1.54) is 0 Å². The van der Waals surface area contributed by atoms with E-state index in [9.17, 15) is 0 Å². The summed E-state index contributed by atoms with van der Waals surface area (Å²) in [5, 5.41) is 0. The van der Waals surface area contributed by atoms with Crippen LogP contribution < -0.4 is 0 Å². The maximum atomic E-state index is 5.45. The van der Waals surface area contributed by atoms with Crippen LogP contribution >= 0.6 is 12.6 Å². The SMILES string of the molecule is CN(C)C(S)OCC[N+](C)(C)C. The van der Waals surface area contributed by atoms with Crippen molar-refractivity contribution in [2.24, 2.45) is 0 Å². The Morgan fingerprint density at radius 1 is 1.33 bits per heavy atom. The zero-order valence-corrected chi connectivity index (χ0v) is 9.64. The molecule has 0 aliphatic carbocycles. The number of thiol groups is 1. The van der Waals surface area contributed by atoms with Crippen molar-refractivity contribution in [1.82, 2.24) is 4.90 Å². The van der Waals surface area contributed by atoms with Crippen LogP contribution in [0.4, 0.5) is 0 Å². The maximum absolute atomic E-state index is 5.45. The van der Waals surface area contributed by atoms with Crippen LogP contribution in [0.15, 0.2) is 0 Å². The molecule has 0 aromatic rings. The summed E-state index contributed by atoms with van der Waals surface area (Å²) in [6.07, 6.45) is 0. The molecule has 74 valence electrons. The van der Waals surface area contributed by atoms with Crippen molar-refractivity contribution in [2.45, 2.75) is 5.56 Å². The van der Waals surface area contributed by atoms with Gasteiger partial charge >= 0.3 is 0 Å². The molecule has 1 unspecified atom stereocenters. The van der Waals surface area contributed by atoms with Crippen LogP contribution in [0.1, 0.15) is 0 Å². The molecule has 0 amide bonds. The zero-order chi connectivity index (χ0) is 9.78. The lowest BCUT2D eigenvalue weighted by molar-refractivity contribution is -0.870. The van der Waals surface area contributed by atoms with E-state index in [2.05, 4.69) is 33.8 Å². The van der Waals surface area contributed by atoms with Crippen molar-refractivity contribution < 1.29 is 9.22 Å². The van der Waals surface area contributed by atoms with Gasteiger partial charge in [-0.15, -0.1) is 12.6 Å². The number of rotatable bonds is 5. The summed E-state index contributed by atoms with van der Waals surface area (Å²) in [7, 11) is 10.3. The molecule has 0 bridgehead atoms. The number of hydrogen-bond donors (Lipinski definition) is 1. The number of nitrogens with zero attached hydrogens (tertiary/aromatic N) is 2. The smallest absolute Gasteiger partial charge is 0.155 e. The van der Waals surface area contributed by atoms with Crippen molar-refractivity contribution >= 4 is 12.6 Å². The average molecular weight is 193 g/mol. The van der Waals surface area contributed by atoms with E-state index in [4.69, 9.17) is 4.74 Å². The Kier molecular flexibility index (Phi) is 5.16. The maximum Gasteiger partial charge on any atom is 0.155 e. The van der Waals surface area contributed by atoms with Crippen LogP contribution in [0.2, 0.25) is 0 Å². The monoisotopic (exact) mass is 193 g/mol. The molecule has 0 fully saturated rings. The molecule has 1 atom stereocenters. The first-order chi connectivity index (χ1) is 5.33. The second-order valence-electron chi connectivity index (χ2n) is 4.17. The molecule has 0 saturated carbocycles. The highest BCUT2D eigenvalue weighted by molar-refractivity contribution is 7.80. The summed E-state index contributed by atoms with van der Waals surface area (Å²) in [5.41, 5.74) is -0.0865. The largest absolute Gasteiger partial charge is 0.348 e. The molecule has 12 heavy (non-hydrogen) atoms. The molecule has 0 radical (unpaired) electrons. The van der Waals surface area contributed by atoms with E-state index in [0.717, 1.165) is 17.6 Å². The van der Waals surface area contributed by atoms with Gasteiger partial charge in [0.15, 0.2) is 5.56 Å². The summed E-state index contributed by atoms with van der Waals surface area (Å²) in [4.78, 5) is 1.93. The first-order valence-corrected chi connectivity index (χ1v) is 4.61. The Morgan fingerprint density at radius 3 is 2.17 bits per heavy atom. The standard InChI is InChI=1S/C8H20N2OS/c1-9(2)8(12)11-7-6-10(3,4)5/h8H,6-7H2,1-5H3/p+1. The average Bonchev–Trinajstić information content (AvgIpc) is 1.84. The highest BCUT2D eigenvalue weighted by Crippen LogP contribution is 2.01. The van der Waals surface area contributed by atoms with E-state index >= 15 is 0 Å². The first-order valence-electron chi connectivity index (χ1n) is 4.09. The number of ether oxygens (including phenoxy) is 1. The summed E-state index contributed by atoms with van der Waals surface area (Å²) in [6.45, 7) is 1.75. The van der Waals surface area contributed by atoms with Gasteiger partial charge in [-0.1, -0.05) is 0 Å². The molecule has 4 heteroatoms. The van der Waals surface area contributed by atoms with E-state index in [1.54, 1.807) is 0 Å². The molecule has 0 spiro atoms. The quantitative estimate of drug-likeness (QED) is 0.387.